The van der Waals surface area contributed by atoms with Gasteiger partial charge in [-0.25, -0.2) is 5.57 Å². The number of amides is 1. The Labute approximate surface area is 181 Å². The van der Waals surface area contributed by atoms with Crippen molar-refractivity contribution in [1.82, 2.24) is 0 Å². The number of benzene rings is 1. The van der Waals surface area contributed by atoms with E-state index in [-0.39, 0.29) is 51.0 Å². The van der Waals surface area contributed by atoms with Crippen molar-refractivity contribution in [3.05, 3.63) is 64.4 Å². The second kappa shape index (κ2) is 17.7. The number of nitrogens with one attached hydrogen (secondary N) is 1. The fourth-order valence-corrected chi connectivity index (χ4v) is 1.75. The summed E-state index contributed by atoms with van der Waals surface area (Å²) in [5.41, 5.74) is 11.4. The molecule has 1 unspecified atom stereocenters. The Bertz CT molecular complexity index is 519. The summed E-state index contributed by atoms with van der Waals surface area (Å²) in [5, 5.41) is 0. The molecule has 0 aromatic heterocycles. The Kier molecular flexibility index (Phi) is 23.3. The van der Waals surface area contributed by atoms with Crippen molar-refractivity contribution < 1.29 is 55.8 Å². The van der Waals surface area contributed by atoms with E-state index in [0.717, 1.165) is 9.52 Å². The standard InChI is InChI=1S/C9H13.C7H7NO.C2H7Si.2ClH.Zr/c1-6-5-7(2)9(4)8(6)3;8-7(9)6-4-2-1-3-5-6;1-3-2;;;/h6H,1-4H3;1-5H,(H2,8,9);3H,1-2H3;2*1H;/q-1;;;;;+4/p-3. The van der Waals surface area contributed by atoms with Crippen LogP contribution in [-0.2, 0) is 26.2 Å². The molecule has 131 valence electrons. The molecule has 6 heteroatoms. The van der Waals surface area contributed by atoms with Gasteiger partial charge in [0.05, 0.1) is 5.91 Å². The molecule has 0 saturated heterocycles. The van der Waals surface area contributed by atoms with Crippen LogP contribution in [0.4, 0.5) is 0 Å². The number of allylic oxidation sites excluding steroid dienone is 4. The van der Waals surface area contributed by atoms with Gasteiger partial charge in [0.25, 0.3) is 0 Å². The van der Waals surface area contributed by atoms with Crippen molar-refractivity contribution in [3.8, 4) is 0 Å². The molecule has 0 spiro atoms. The fraction of sp³-hybridized carbons (Fsp3) is 0.389. The van der Waals surface area contributed by atoms with Crippen LogP contribution in [0.5, 0.6) is 0 Å². The van der Waals surface area contributed by atoms with E-state index in [0.29, 0.717) is 11.5 Å². The molecule has 0 saturated carbocycles. The molecular weight excluding hydrogens is 436 g/mol. The van der Waals surface area contributed by atoms with Gasteiger partial charge < -0.3 is 35.3 Å². The van der Waals surface area contributed by atoms with E-state index in [1.165, 1.54) is 16.7 Å². The Balaban J connectivity index is -0.000000130. The number of carbonyl (C=O) groups is 1. The quantitative estimate of drug-likeness (QED) is 0.395. The number of carbonyl (C=O) groups excluding carboxylic acids is 1. The average molecular weight is 463 g/mol. The van der Waals surface area contributed by atoms with E-state index in [4.69, 9.17) is 5.73 Å². The maximum Gasteiger partial charge on any atom is 4.00 e. The maximum absolute atomic E-state index is 10.3. The number of rotatable bonds is 1. The SMILES string of the molecule is CC1=[C-]C(C)C(C)=C1C.C[SiH]C.[Cl-].[Cl-].[NH-]C(=O)c1ccccc1.[Zr+4]. The summed E-state index contributed by atoms with van der Waals surface area (Å²) in [6.45, 7) is 13.1. The first-order chi connectivity index (χ1) is 9.84. The summed E-state index contributed by atoms with van der Waals surface area (Å²) in [5.74, 6) is -0.0689. The predicted molar refractivity (Wildman–Crippen MR) is 93.9 cm³/mol. The topological polar surface area (TPSA) is 40.9 Å². The second-order valence-corrected chi connectivity index (χ2v) is 6.23. The summed E-state index contributed by atoms with van der Waals surface area (Å²) < 4.78 is 0. The third kappa shape index (κ3) is 12.2. The van der Waals surface area contributed by atoms with Gasteiger partial charge >= 0.3 is 26.2 Å². The van der Waals surface area contributed by atoms with Gasteiger partial charge in [-0.05, 0) is 5.56 Å². The first kappa shape index (κ1) is 31.6. The Morgan fingerprint density at radius 2 is 1.50 bits per heavy atom. The van der Waals surface area contributed by atoms with Crippen molar-refractivity contribution in [2.24, 2.45) is 5.92 Å². The van der Waals surface area contributed by atoms with Gasteiger partial charge in [0.2, 0.25) is 0 Å². The summed E-state index contributed by atoms with van der Waals surface area (Å²) in [4.78, 5) is 10.3. The van der Waals surface area contributed by atoms with Crippen LogP contribution >= 0.6 is 0 Å². The van der Waals surface area contributed by atoms with E-state index in [2.05, 4.69) is 46.9 Å². The van der Waals surface area contributed by atoms with Crippen molar-refractivity contribution in [2.75, 3.05) is 0 Å². The third-order valence-corrected chi connectivity index (χ3v) is 3.27. The van der Waals surface area contributed by atoms with Crippen molar-refractivity contribution in [1.29, 1.82) is 0 Å². The van der Waals surface area contributed by atoms with Crippen LogP contribution in [0, 0.1) is 12.0 Å². The normalized spacial score (nSPS) is 14.2. The van der Waals surface area contributed by atoms with Crippen LogP contribution in [0.3, 0.4) is 0 Å². The summed E-state index contributed by atoms with van der Waals surface area (Å²) in [6.07, 6.45) is 3.36. The predicted octanol–water partition coefficient (Wildman–Crippen LogP) is -0.874. The zero-order valence-electron chi connectivity index (χ0n) is 15.2. The average Bonchev–Trinajstić information content (AvgIpc) is 2.68. The molecule has 1 atom stereocenters. The minimum absolute atomic E-state index is 0. The molecule has 0 heterocycles. The molecule has 1 aliphatic rings. The Hall–Kier alpha value is -0.150. The van der Waals surface area contributed by atoms with Crippen LogP contribution in [0.1, 0.15) is 38.1 Å². The molecule has 1 amide bonds. The molecule has 1 radical (unpaired) electrons. The largest absolute Gasteiger partial charge is 4.00 e. The molecule has 2 nitrogen and oxygen atoms in total. The summed E-state index contributed by atoms with van der Waals surface area (Å²) in [6, 6.07) is 8.53. The van der Waals surface area contributed by atoms with Gasteiger partial charge in [0.1, 0.15) is 0 Å². The van der Waals surface area contributed by atoms with Crippen molar-refractivity contribution in [3.63, 3.8) is 0 Å². The van der Waals surface area contributed by atoms with Crippen LogP contribution in [0.2, 0.25) is 13.1 Å². The second-order valence-electron chi connectivity index (χ2n) is 5.07. The third-order valence-electron chi connectivity index (χ3n) is 3.27. The van der Waals surface area contributed by atoms with Gasteiger partial charge in [-0.15, -0.1) is 6.92 Å². The number of hydrogen-bond donors (Lipinski definition) is 0. The number of halogens is 2. The first-order valence-corrected chi connectivity index (χ1v) is 9.48. The van der Waals surface area contributed by atoms with E-state index < -0.39 is 5.91 Å². The van der Waals surface area contributed by atoms with E-state index >= 15 is 0 Å². The molecule has 0 aliphatic heterocycles. The van der Waals surface area contributed by atoms with Gasteiger partial charge in [-0.2, -0.15) is 11.1 Å². The van der Waals surface area contributed by atoms with E-state index in [1.807, 2.05) is 6.07 Å². The molecule has 2 rings (SSSR count). The smallest absolute Gasteiger partial charge is 1.00 e. The molecule has 1 N–H and O–H groups in total. The van der Waals surface area contributed by atoms with Gasteiger partial charge in [0, 0.05) is 9.52 Å². The molecule has 0 fully saturated rings. The Morgan fingerprint density at radius 1 is 1.08 bits per heavy atom. The van der Waals surface area contributed by atoms with Crippen molar-refractivity contribution >= 4 is 15.4 Å². The molecular formula is C18H26Cl2NOSiZr. The monoisotopic (exact) mass is 460 g/mol. The molecule has 1 aliphatic carbocycles. The summed E-state index contributed by atoms with van der Waals surface area (Å²) in [7, 11) is 0.750. The van der Waals surface area contributed by atoms with Crippen LogP contribution in [-0.4, -0.2) is 15.4 Å². The van der Waals surface area contributed by atoms with Crippen molar-refractivity contribution in [2.45, 2.75) is 40.8 Å². The first-order valence-electron chi connectivity index (χ1n) is 7.17. The van der Waals surface area contributed by atoms with Crippen LogP contribution < -0.4 is 24.8 Å². The molecule has 0 bridgehead atoms. The van der Waals surface area contributed by atoms with E-state index in [1.54, 1.807) is 24.3 Å². The van der Waals surface area contributed by atoms with Gasteiger partial charge in [-0.3, -0.25) is 6.08 Å². The van der Waals surface area contributed by atoms with Gasteiger partial charge in [-0.1, -0.05) is 70.1 Å². The molecule has 1 aromatic carbocycles. The van der Waals surface area contributed by atoms with E-state index in [9.17, 15) is 4.79 Å². The Morgan fingerprint density at radius 3 is 1.67 bits per heavy atom. The zero-order chi connectivity index (χ0) is 16.4. The minimum atomic E-state index is -0.629. The summed E-state index contributed by atoms with van der Waals surface area (Å²) >= 11 is 0. The van der Waals surface area contributed by atoms with Crippen LogP contribution in [0.15, 0.2) is 47.1 Å². The fourth-order valence-electron chi connectivity index (χ4n) is 1.75. The minimum Gasteiger partial charge on any atom is -1.00 e. The molecule has 24 heavy (non-hydrogen) atoms. The van der Waals surface area contributed by atoms with Gasteiger partial charge in [0.15, 0.2) is 0 Å². The van der Waals surface area contributed by atoms with Crippen LogP contribution in [0.25, 0.3) is 5.73 Å². The zero-order valence-corrected chi connectivity index (χ0v) is 20.3. The molecule has 1 aromatic rings. The number of hydrogen-bond acceptors (Lipinski definition) is 1. The maximum atomic E-state index is 10.3.